The third-order valence-electron chi connectivity index (χ3n) is 4.35. The van der Waals surface area contributed by atoms with Crippen molar-refractivity contribution >= 4 is 5.91 Å². The summed E-state index contributed by atoms with van der Waals surface area (Å²) in [5.74, 6) is 1.14. The van der Waals surface area contributed by atoms with Crippen molar-refractivity contribution in [2.24, 2.45) is 0 Å². The fourth-order valence-electron chi connectivity index (χ4n) is 3.11. The molecule has 0 bridgehead atoms. The van der Waals surface area contributed by atoms with E-state index in [9.17, 15) is 4.79 Å². The highest BCUT2D eigenvalue weighted by atomic mass is 16.5. The van der Waals surface area contributed by atoms with Crippen LogP contribution in [0, 0.1) is 11.3 Å². The van der Waals surface area contributed by atoms with Gasteiger partial charge in [0.05, 0.1) is 18.4 Å². The smallest absolute Gasteiger partial charge is 0.261 e. The van der Waals surface area contributed by atoms with Crippen molar-refractivity contribution in [3.05, 3.63) is 54.0 Å². The zero-order valence-electron chi connectivity index (χ0n) is 13.5. The first-order valence-electron chi connectivity index (χ1n) is 8.21. The molecule has 0 atom stereocenters. The highest BCUT2D eigenvalue weighted by molar-refractivity contribution is 5.78. The number of carbonyl (C=O) groups is 1. The molecule has 1 aromatic carbocycles. The fraction of sp³-hybridized carbons (Fsp3) is 0.368. The summed E-state index contributed by atoms with van der Waals surface area (Å²) < 4.78 is 11.0. The Morgan fingerprint density at radius 2 is 2.04 bits per heavy atom. The van der Waals surface area contributed by atoms with Crippen molar-refractivity contribution in [2.45, 2.75) is 38.3 Å². The Morgan fingerprint density at radius 3 is 2.75 bits per heavy atom. The van der Waals surface area contributed by atoms with Crippen LogP contribution in [0.5, 0.6) is 5.75 Å². The summed E-state index contributed by atoms with van der Waals surface area (Å²) in [5.41, 5.74) is 0.434. The Hall–Kier alpha value is -2.74. The number of hydrogen-bond acceptors (Lipinski definition) is 4. The number of amides is 1. The van der Waals surface area contributed by atoms with Gasteiger partial charge in [-0.15, -0.1) is 0 Å². The molecule has 2 aromatic rings. The van der Waals surface area contributed by atoms with E-state index < -0.39 is 0 Å². The van der Waals surface area contributed by atoms with Gasteiger partial charge in [0.15, 0.2) is 6.61 Å². The zero-order valence-corrected chi connectivity index (χ0v) is 13.5. The van der Waals surface area contributed by atoms with Crippen LogP contribution in [0.1, 0.15) is 37.0 Å². The van der Waals surface area contributed by atoms with Crippen LogP contribution in [0.4, 0.5) is 0 Å². The van der Waals surface area contributed by atoms with E-state index in [2.05, 4.69) is 6.07 Å². The number of ether oxygens (including phenoxy) is 1. The van der Waals surface area contributed by atoms with Crippen LogP contribution >= 0.6 is 0 Å². The molecule has 3 rings (SSSR count). The lowest BCUT2D eigenvalue weighted by Crippen LogP contribution is -2.41. The lowest BCUT2D eigenvalue weighted by Gasteiger charge is -2.28. The van der Waals surface area contributed by atoms with Gasteiger partial charge in [-0.05, 0) is 37.1 Å². The number of nitriles is 1. The second-order valence-electron chi connectivity index (χ2n) is 5.94. The van der Waals surface area contributed by atoms with Crippen LogP contribution in [0.25, 0.3) is 0 Å². The summed E-state index contributed by atoms with van der Waals surface area (Å²) in [6.45, 7) is 0.385. The van der Waals surface area contributed by atoms with Crippen LogP contribution in [-0.2, 0) is 11.3 Å². The minimum atomic E-state index is -0.0777. The molecule has 1 aliphatic carbocycles. The molecule has 24 heavy (non-hydrogen) atoms. The maximum Gasteiger partial charge on any atom is 0.261 e. The highest BCUT2D eigenvalue weighted by Gasteiger charge is 2.27. The van der Waals surface area contributed by atoms with E-state index in [1.807, 2.05) is 17.0 Å². The Kier molecular flexibility index (Phi) is 5.17. The largest absolute Gasteiger partial charge is 0.482 e. The molecule has 1 aliphatic rings. The number of furan rings is 1. The number of hydrogen-bond donors (Lipinski definition) is 0. The normalized spacial score (nSPS) is 14.3. The summed E-state index contributed by atoms with van der Waals surface area (Å²) >= 11 is 0. The summed E-state index contributed by atoms with van der Waals surface area (Å²) in [6.07, 6.45) is 5.93. The second kappa shape index (κ2) is 7.69. The van der Waals surface area contributed by atoms with Gasteiger partial charge in [0, 0.05) is 6.04 Å². The topological polar surface area (TPSA) is 66.5 Å². The van der Waals surface area contributed by atoms with Gasteiger partial charge in [-0.2, -0.15) is 5.26 Å². The third-order valence-corrected chi connectivity index (χ3v) is 4.35. The number of para-hydroxylation sites is 1. The maximum absolute atomic E-state index is 12.7. The molecule has 1 fully saturated rings. The molecule has 5 heteroatoms. The first kappa shape index (κ1) is 16.1. The van der Waals surface area contributed by atoms with E-state index in [0.717, 1.165) is 31.4 Å². The first-order valence-corrected chi connectivity index (χ1v) is 8.21. The summed E-state index contributed by atoms with van der Waals surface area (Å²) in [7, 11) is 0. The van der Waals surface area contributed by atoms with Gasteiger partial charge in [0.1, 0.15) is 17.6 Å². The molecule has 0 N–H and O–H groups in total. The van der Waals surface area contributed by atoms with Crippen LogP contribution < -0.4 is 4.74 Å². The van der Waals surface area contributed by atoms with Crippen molar-refractivity contribution in [3.8, 4) is 11.8 Å². The molecule has 1 heterocycles. The highest BCUT2D eigenvalue weighted by Crippen LogP contribution is 2.25. The SMILES string of the molecule is N#Cc1ccccc1OCC(=O)N(Cc1ccco1)C1CCCC1. The van der Waals surface area contributed by atoms with Crippen molar-refractivity contribution in [3.63, 3.8) is 0 Å². The third kappa shape index (κ3) is 3.77. The molecular formula is C19H20N2O3. The maximum atomic E-state index is 12.7. The Morgan fingerprint density at radius 1 is 1.25 bits per heavy atom. The summed E-state index contributed by atoms with van der Waals surface area (Å²) in [5, 5.41) is 9.10. The van der Waals surface area contributed by atoms with Crippen LogP contribution in [0.3, 0.4) is 0 Å². The average molecular weight is 324 g/mol. The van der Waals surface area contributed by atoms with E-state index in [-0.39, 0.29) is 18.6 Å². The minimum Gasteiger partial charge on any atom is -0.482 e. The molecule has 0 unspecified atom stereocenters. The van der Waals surface area contributed by atoms with Gasteiger partial charge >= 0.3 is 0 Å². The van der Waals surface area contributed by atoms with Crippen LogP contribution in [-0.4, -0.2) is 23.5 Å². The predicted octanol–water partition coefficient (Wildman–Crippen LogP) is 3.50. The minimum absolute atomic E-state index is 0.0735. The molecule has 0 spiro atoms. The zero-order chi connectivity index (χ0) is 16.8. The van der Waals surface area contributed by atoms with Crippen molar-refractivity contribution in [1.29, 1.82) is 5.26 Å². The Balaban J connectivity index is 1.68. The average Bonchev–Trinajstić information content (AvgIpc) is 3.31. The van der Waals surface area contributed by atoms with Gasteiger partial charge in [-0.3, -0.25) is 4.79 Å². The lowest BCUT2D eigenvalue weighted by atomic mass is 10.2. The van der Waals surface area contributed by atoms with Crippen LogP contribution in [0.2, 0.25) is 0 Å². The molecule has 0 radical (unpaired) electrons. The molecule has 1 amide bonds. The quantitative estimate of drug-likeness (QED) is 0.815. The lowest BCUT2D eigenvalue weighted by molar-refractivity contribution is -0.136. The number of nitrogens with zero attached hydrogens (tertiary/aromatic N) is 2. The van der Waals surface area contributed by atoms with E-state index in [1.54, 1.807) is 30.5 Å². The molecule has 0 saturated heterocycles. The Labute approximate surface area is 141 Å². The van der Waals surface area contributed by atoms with Gasteiger partial charge in [-0.1, -0.05) is 25.0 Å². The number of benzene rings is 1. The molecular weight excluding hydrogens is 304 g/mol. The first-order chi connectivity index (χ1) is 11.8. The standard InChI is InChI=1S/C19H20N2O3/c20-12-15-6-1-4-10-18(15)24-14-19(22)21(16-7-2-3-8-16)13-17-9-5-11-23-17/h1,4-6,9-11,16H,2-3,7-8,13-14H2. The molecule has 0 aliphatic heterocycles. The van der Waals surface area contributed by atoms with Gasteiger partial charge in [0.2, 0.25) is 0 Å². The van der Waals surface area contributed by atoms with Gasteiger partial charge in [-0.25, -0.2) is 0 Å². The van der Waals surface area contributed by atoms with E-state index >= 15 is 0 Å². The second-order valence-corrected chi connectivity index (χ2v) is 5.94. The summed E-state index contributed by atoms with van der Waals surface area (Å²) in [4.78, 5) is 14.6. The van der Waals surface area contributed by atoms with Crippen molar-refractivity contribution < 1.29 is 13.9 Å². The fourth-order valence-corrected chi connectivity index (χ4v) is 3.11. The molecule has 1 saturated carbocycles. The summed E-state index contributed by atoms with van der Waals surface area (Å²) in [6, 6.07) is 13.0. The van der Waals surface area contributed by atoms with E-state index in [1.165, 1.54) is 0 Å². The predicted molar refractivity (Wildman–Crippen MR) is 88.2 cm³/mol. The van der Waals surface area contributed by atoms with Gasteiger partial charge in [0.25, 0.3) is 5.91 Å². The Bertz CT molecular complexity index is 712. The molecule has 5 nitrogen and oxygen atoms in total. The molecule has 124 valence electrons. The number of carbonyl (C=O) groups excluding carboxylic acids is 1. The monoisotopic (exact) mass is 324 g/mol. The van der Waals surface area contributed by atoms with E-state index in [4.69, 9.17) is 14.4 Å². The number of rotatable bonds is 6. The van der Waals surface area contributed by atoms with Crippen LogP contribution in [0.15, 0.2) is 47.1 Å². The van der Waals surface area contributed by atoms with Crippen molar-refractivity contribution in [2.75, 3.05) is 6.61 Å². The van der Waals surface area contributed by atoms with Gasteiger partial charge < -0.3 is 14.1 Å². The van der Waals surface area contributed by atoms with Crippen molar-refractivity contribution in [1.82, 2.24) is 4.90 Å². The van der Waals surface area contributed by atoms with E-state index in [0.29, 0.717) is 17.9 Å². The molecule has 1 aromatic heterocycles.